The zero-order chi connectivity index (χ0) is 54.3. The lowest BCUT2D eigenvalue weighted by molar-refractivity contribution is -0.167. The number of hydrogen-bond donors (Lipinski definition) is 0. The molecule has 0 heterocycles. The van der Waals surface area contributed by atoms with E-state index in [1.54, 1.807) is 0 Å². The van der Waals surface area contributed by atoms with Gasteiger partial charge in [-0.15, -0.1) is 0 Å². The van der Waals surface area contributed by atoms with E-state index in [1.807, 2.05) is 0 Å². The van der Waals surface area contributed by atoms with Gasteiger partial charge in [0.1, 0.15) is 13.2 Å². The molecule has 0 aliphatic rings. The zero-order valence-corrected chi connectivity index (χ0v) is 49.0. The van der Waals surface area contributed by atoms with Crippen LogP contribution in [0.1, 0.15) is 290 Å². The van der Waals surface area contributed by atoms with Crippen LogP contribution in [0.5, 0.6) is 0 Å². The van der Waals surface area contributed by atoms with E-state index in [0.717, 1.165) is 135 Å². The van der Waals surface area contributed by atoms with Crippen LogP contribution in [0.4, 0.5) is 0 Å². The first-order valence-electron chi connectivity index (χ1n) is 31.4. The van der Waals surface area contributed by atoms with E-state index < -0.39 is 6.10 Å². The fourth-order valence-corrected chi connectivity index (χ4v) is 8.64. The third kappa shape index (κ3) is 60.8. The molecule has 0 radical (unpaired) electrons. The summed E-state index contributed by atoms with van der Waals surface area (Å²) < 4.78 is 16.9. The Kier molecular flexibility index (Phi) is 59.3. The predicted molar refractivity (Wildman–Crippen MR) is 325 cm³/mol. The predicted octanol–water partition coefficient (Wildman–Crippen LogP) is 21.4. The summed E-state index contributed by atoms with van der Waals surface area (Å²) >= 11 is 0. The van der Waals surface area contributed by atoms with Gasteiger partial charge in [-0.25, -0.2) is 0 Å². The van der Waals surface area contributed by atoms with Gasteiger partial charge >= 0.3 is 17.9 Å². The van der Waals surface area contributed by atoms with Gasteiger partial charge in [0.2, 0.25) is 0 Å². The lowest BCUT2D eigenvalue weighted by atomic mass is 10.0. The molecule has 0 aliphatic heterocycles. The first kappa shape index (κ1) is 71.1. The van der Waals surface area contributed by atoms with Gasteiger partial charge in [-0.3, -0.25) is 14.4 Å². The SMILES string of the molecule is CC/C=C\C/C=C\C/C=C\C/C=C\C/C=C\C/C=C\CCCCCCC(=O)OCC(COC(=O)CCCCCCCCCCCCCCCCCCC)OC(=O)CCCCCCCCC/C=C\C/C=C\C/C=C\CC. The highest BCUT2D eigenvalue weighted by Gasteiger charge is 2.19. The van der Waals surface area contributed by atoms with Gasteiger partial charge in [0.05, 0.1) is 0 Å². The van der Waals surface area contributed by atoms with Crippen LogP contribution < -0.4 is 0 Å². The van der Waals surface area contributed by atoms with Crippen LogP contribution in [0.25, 0.3) is 0 Å². The summed E-state index contributed by atoms with van der Waals surface area (Å²) in [6.45, 7) is 6.41. The molecule has 0 saturated carbocycles. The molecule has 6 heteroatoms. The van der Waals surface area contributed by atoms with Crippen molar-refractivity contribution in [2.75, 3.05) is 13.2 Å². The molecule has 0 bridgehead atoms. The number of rotatable bonds is 56. The number of allylic oxidation sites excluding steroid dienone is 18. The number of unbranched alkanes of at least 4 members (excludes halogenated alkanes) is 27. The average molecular weight is 1040 g/mol. The van der Waals surface area contributed by atoms with Crippen molar-refractivity contribution in [3.05, 3.63) is 109 Å². The Balaban J connectivity index is 4.44. The van der Waals surface area contributed by atoms with Gasteiger partial charge in [0, 0.05) is 19.3 Å². The van der Waals surface area contributed by atoms with E-state index in [0.29, 0.717) is 19.3 Å². The molecule has 0 aromatic rings. The Bertz CT molecular complexity index is 1520. The van der Waals surface area contributed by atoms with E-state index >= 15 is 0 Å². The lowest BCUT2D eigenvalue weighted by Crippen LogP contribution is -2.30. The molecule has 1 unspecified atom stereocenters. The minimum absolute atomic E-state index is 0.0893. The second-order valence-corrected chi connectivity index (χ2v) is 20.6. The Morgan fingerprint density at radius 3 is 0.813 bits per heavy atom. The topological polar surface area (TPSA) is 78.9 Å². The van der Waals surface area contributed by atoms with Gasteiger partial charge < -0.3 is 14.2 Å². The lowest BCUT2D eigenvalue weighted by Gasteiger charge is -2.18. The summed E-state index contributed by atoms with van der Waals surface area (Å²) in [4.78, 5) is 38.3. The van der Waals surface area contributed by atoms with E-state index in [1.165, 1.54) is 116 Å². The molecule has 0 saturated heterocycles. The van der Waals surface area contributed by atoms with Crippen molar-refractivity contribution in [3.8, 4) is 0 Å². The minimum Gasteiger partial charge on any atom is -0.462 e. The van der Waals surface area contributed by atoms with Crippen molar-refractivity contribution in [2.45, 2.75) is 297 Å². The summed E-state index contributed by atoms with van der Waals surface area (Å²) in [6, 6.07) is 0. The van der Waals surface area contributed by atoms with Crippen LogP contribution in [0.2, 0.25) is 0 Å². The van der Waals surface area contributed by atoms with E-state index in [9.17, 15) is 14.4 Å². The molecule has 0 aliphatic carbocycles. The molecule has 0 rings (SSSR count). The highest BCUT2D eigenvalue weighted by atomic mass is 16.6. The largest absolute Gasteiger partial charge is 0.462 e. The number of carbonyl (C=O) groups excluding carboxylic acids is 3. The second kappa shape index (κ2) is 62.6. The number of ether oxygens (including phenoxy) is 3. The molecule has 0 spiro atoms. The number of esters is 3. The molecule has 0 amide bonds. The van der Waals surface area contributed by atoms with E-state index in [4.69, 9.17) is 14.2 Å². The van der Waals surface area contributed by atoms with Gasteiger partial charge in [-0.05, 0) is 103 Å². The highest BCUT2D eigenvalue weighted by Crippen LogP contribution is 2.16. The highest BCUT2D eigenvalue weighted by molar-refractivity contribution is 5.71. The van der Waals surface area contributed by atoms with Crippen LogP contribution in [0.15, 0.2) is 109 Å². The molecule has 0 fully saturated rings. The molecule has 1 atom stereocenters. The van der Waals surface area contributed by atoms with E-state index in [-0.39, 0.29) is 31.1 Å². The maximum absolute atomic E-state index is 12.9. The van der Waals surface area contributed by atoms with Gasteiger partial charge in [0.25, 0.3) is 0 Å². The Labute approximate surface area is 463 Å². The van der Waals surface area contributed by atoms with Crippen molar-refractivity contribution < 1.29 is 28.6 Å². The normalized spacial score (nSPS) is 12.8. The van der Waals surface area contributed by atoms with E-state index in [2.05, 4.69) is 130 Å². The molecule has 6 nitrogen and oxygen atoms in total. The Morgan fingerprint density at radius 2 is 0.520 bits per heavy atom. The van der Waals surface area contributed by atoms with Crippen LogP contribution >= 0.6 is 0 Å². The minimum atomic E-state index is -0.796. The number of carbonyl (C=O) groups is 3. The zero-order valence-electron chi connectivity index (χ0n) is 49.0. The summed E-state index contributed by atoms with van der Waals surface area (Å²) in [5, 5.41) is 0. The Hall–Kier alpha value is -3.93. The monoisotopic (exact) mass is 1040 g/mol. The fourth-order valence-electron chi connectivity index (χ4n) is 8.64. The van der Waals surface area contributed by atoms with Gasteiger partial charge in [-0.1, -0.05) is 278 Å². The molecule has 0 aromatic heterocycles. The third-order valence-electron chi connectivity index (χ3n) is 13.3. The first-order chi connectivity index (χ1) is 37.0. The maximum Gasteiger partial charge on any atom is 0.306 e. The first-order valence-corrected chi connectivity index (χ1v) is 31.4. The molecular formula is C69H116O6. The summed E-state index contributed by atoms with van der Waals surface area (Å²) in [5.41, 5.74) is 0. The summed E-state index contributed by atoms with van der Waals surface area (Å²) in [5.74, 6) is -0.917. The fraction of sp³-hybridized carbons (Fsp3) is 0.696. The number of hydrogen-bond acceptors (Lipinski definition) is 6. The molecular weight excluding hydrogens is 925 g/mol. The van der Waals surface area contributed by atoms with Crippen LogP contribution in [-0.2, 0) is 28.6 Å². The van der Waals surface area contributed by atoms with Crippen molar-refractivity contribution in [2.24, 2.45) is 0 Å². The quantitative estimate of drug-likeness (QED) is 0.0261. The van der Waals surface area contributed by atoms with Crippen LogP contribution in [0, 0.1) is 0 Å². The maximum atomic E-state index is 12.9. The molecule has 75 heavy (non-hydrogen) atoms. The molecule has 0 N–H and O–H groups in total. The second-order valence-electron chi connectivity index (χ2n) is 20.6. The Morgan fingerprint density at radius 1 is 0.280 bits per heavy atom. The molecule has 0 aromatic carbocycles. The summed E-state index contributed by atoms with van der Waals surface area (Å²) in [7, 11) is 0. The summed E-state index contributed by atoms with van der Waals surface area (Å²) in [6.07, 6.45) is 85.1. The van der Waals surface area contributed by atoms with Crippen molar-refractivity contribution in [1.82, 2.24) is 0 Å². The van der Waals surface area contributed by atoms with Crippen LogP contribution in [0.3, 0.4) is 0 Å². The van der Waals surface area contributed by atoms with Crippen molar-refractivity contribution >= 4 is 17.9 Å². The standard InChI is InChI=1S/C69H116O6/c1-4-7-10-13-16-19-22-25-28-31-32-33-34-35-36-39-41-44-47-50-53-56-59-62-68(71)74-65-66(75-69(72)63-60-57-54-51-48-45-42-38-30-27-24-21-18-15-12-9-6-3)64-73-67(70)61-58-55-52-49-46-43-40-37-29-26-23-20-17-14-11-8-5-2/h7,9-10,12,16,18-19,21,25,27-28,30,32-33,35-36,41,44,66H,4-6,8,11,13-15,17,20,22-24,26,29,31,34,37-40,42-43,45-65H2,1-3H3/b10-7-,12-9-,19-16-,21-18-,28-25-,30-27-,33-32-,36-35-,44-41-. The average Bonchev–Trinajstić information content (AvgIpc) is 3.41. The third-order valence-corrected chi connectivity index (χ3v) is 13.3. The van der Waals surface area contributed by atoms with Gasteiger partial charge in [0.15, 0.2) is 6.10 Å². The van der Waals surface area contributed by atoms with Crippen molar-refractivity contribution in [1.29, 1.82) is 0 Å². The molecule has 428 valence electrons. The van der Waals surface area contributed by atoms with Crippen molar-refractivity contribution in [3.63, 3.8) is 0 Å². The van der Waals surface area contributed by atoms with Crippen LogP contribution in [-0.4, -0.2) is 37.2 Å². The smallest absolute Gasteiger partial charge is 0.306 e. The van der Waals surface area contributed by atoms with Gasteiger partial charge in [-0.2, -0.15) is 0 Å².